The van der Waals surface area contributed by atoms with E-state index in [1.54, 1.807) is 6.20 Å². The van der Waals surface area contributed by atoms with Crippen molar-refractivity contribution in [2.75, 3.05) is 37.6 Å². The summed E-state index contributed by atoms with van der Waals surface area (Å²) in [4.78, 5) is 4.79. The van der Waals surface area contributed by atoms with Crippen LogP contribution in [-0.4, -0.2) is 53.4 Å². The van der Waals surface area contributed by atoms with E-state index in [9.17, 15) is 0 Å². The average Bonchev–Trinajstić information content (AvgIpc) is 2.97. The first-order valence-electron chi connectivity index (χ1n) is 8.33. The number of nitrogens with one attached hydrogen (secondary N) is 1. The lowest BCUT2D eigenvalue weighted by Crippen LogP contribution is -2.46. The second-order valence-corrected chi connectivity index (χ2v) is 6.59. The molecule has 0 bridgehead atoms. The summed E-state index contributed by atoms with van der Waals surface area (Å²) in [6, 6.07) is 8.03. The van der Waals surface area contributed by atoms with Crippen LogP contribution < -0.4 is 10.6 Å². The van der Waals surface area contributed by atoms with Crippen molar-refractivity contribution in [2.24, 2.45) is 5.73 Å². The van der Waals surface area contributed by atoms with Crippen molar-refractivity contribution < 1.29 is 0 Å². The van der Waals surface area contributed by atoms with Gasteiger partial charge in [0.25, 0.3) is 0 Å². The van der Waals surface area contributed by atoms with Gasteiger partial charge >= 0.3 is 0 Å². The highest BCUT2D eigenvalue weighted by Crippen LogP contribution is 2.20. The zero-order chi connectivity index (χ0) is 17.8. The van der Waals surface area contributed by atoms with E-state index < -0.39 is 0 Å². The lowest BCUT2D eigenvalue weighted by Gasteiger charge is -2.35. The van der Waals surface area contributed by atoms with E-state index in [1.807, 2.05) is 31.2 Å². The Hall–Kier alpha value is -2.02. The summed E-state index contributed by atoms with van der Waals surface area (Å²) in [6.45, 7) is 6.84. The lowest BCUT2D eigenvalue weighted by atomic mass is 10.2. The number of benzene rings is 1. The van der Waals surface area contributed by atoms with Crippen LogP contribution in [0.3, 0.4) is 0 Å². The van der Waals surface area contributed by atoms with Crippen molar-refractivity contribution in [2.45, 2.75) is 6.92 Å². The second-order valence-electron chi connectivity index (χ2n) is 6.15. The molecule has 2 aromatic rings. The van der Waals surface area contributed by atoms with E-state index in [0.717, 1.165) is 49.0 Å². The molecule has 0 atom stereocenters. The normalized spacial score (nSPS) is 15.2. The molecular weight excluding hydrogens is 371 g/mol. The standard InChI is InChI=1S/C18H23ClN6.ClH/c1-14-15(13-22-25(14)18(20)21)4-3-7-23-8-10-24(11-9-23)17-6-2-5-16(19)12-17;/h2-6,12-13H,7-11H2,1H3,(H3,20,21);1H/b4-3+;. The molecule has 1 fully saturated rings. The molecule has 1 aromatic heterocycles. The van der Waals surface area contributed by atoms with Gasteiger partial charge in [0.05, 0.1) is 11.9 Å². The summed E-state index contributed by atoms with van der Waals surface area (Å²) >= 11 is 6.08. The maximum Gasteiger partial charge on any atom is 0.213 e. The predicted octanol–water partition coefficient (Wildman–Crippen LogP) is 2.84. The molecule has 26 heavy (non-hydrogen) atoms. The molecule has 8 heteroatoms. The minimum Gasteiger partial charge on any atom is -0.369 e. The van der Waals surface area contributed by atoms with E-state index in [2.05, 4.69) is 27.0 Å². The van der Waals surface area contributed by atoms with Gasteiger partial charge in [-0.15, -0.1) is 12.4 Å². The molecule has 2 heterocycles. The topological polar surface area (TPSA) is 74.2 Å². The number of hydrogen-bond acceptors (Lipinski definition) is 4. The van der Waals surface area contributed by atoms with Gasteiger partial charge in [-0.2, -0.15) is 5.10 Å². The van der Waals surface area contributed by atoms with Crippen molar-refractivity contribution in [1.29, 1.82) is 5.41 Å². The monoisotopic (exact) mass is 394 g/mol. The molecule has 1 saturated heterocycles. The SMILES string of the molecule is Cc1c(/C=C/CN2CCN(c3cccc(Cl)c3)CC2)cnn1C(=N)N.Cl. The first-order valence-corrected chi connectivity index (χ1v) is 8.71. The number of nitrogen functional groups attached to an aromatic ring is 1. The Balaban J connectivity index is 0.00000243. The minimum absolute atomic E-state index is 0. The van der Waals surface area contributed by atoms with Gasteiger partial charge in [-0.1, -0.05) is 29.8 Å². The van der Waals surface area contributed by atoms with Crippen LogP contribution in [0.2, 0.25) is 5.02 Å². The molecule has 0 unspecified atom stereocenters. The van der Waals surface area contributed by atoms with Crippen molar-refractivity contribution in [3.8, 4) is 0 Å². The Labute approximate surface area is 165 Å². The van der Waals surface area contributed by atoms with E-state index >= 15 is 0 Å². The smallest absolute Gasteiger partial charge is 0.213 e. The third-order valence-corrected chi connectivity index (χ3v) is 4.72. The zero-order valence-electron chi connectivity index (χ0n) is 14.7. The Morgan fingerprint density at radius 3 is 2.65 bits per heavy atom. The third kappa shape index (κ3) is 4.78. The van der Waals surface area contributed by atoms with E-state index in [4.69, 9.17) is 22.7 Å². The van der Waals surface area contributed by atoms with Crippen LogP contribution in [0.1, 0.15) is 11.3 Å². The largest absolute Gasteiger partial charge is 0.369 e. The van der Waals surface area contributed by atoms with E-state index in [1.165, 1.54) is 10.4 Å². The Kier molecular flexibility index (Phi) is 7.08. The number of aromatic nitrogens is 2. The fourth-order valence-electron chi connectivity index (χ4n) is 3.02. The highest BCUT2D eigenvalue weighted by atomic mass is 35.5. The highest BCUT2D eigenvalue weighted by Gasteiger charge is 2.16. The fourth-order valence-corrected chi connectivity index (χ4v) is 3.20. The van der Waals surface area contributed by atoms with Crippen LogP contribution in [0.4, 0.5) is 5.69 Å². The summed E-state index contributed by atoms with van der Waals surface area (Å²) < 4.78 is 1.43. The number of nitrogens with zero attached hydrogens (tertiary/aromatic N) is 4. The summed E-state index contributed by atoms with van der Waals surface area (Å²) in [7, 11) is 0. The third-order valence-electron chi connectivity index (χ3n) is 4.48. The maximum absolute atomic E-state index is 7.46. The van der Waals surface area contributed by atoms with Gasteiger partial charge in [-0.05, 0) is 25.1 Å². The van der Waals surface area contributed by atoms with Gasteiger partial charge < -0.3 is 10.6 Å². The van der Waals surface area contributed by atoms with Crippen LogP contribution in [0.15, 0.2) is 36.5 Å². The van der Waals surface area contributed by atoms with Crippen molar-refractivity contribution in [3.63, 3.8) is 0 Å². The zero-order valence-corrected chi connectivity index (χ0v) is 16.3. The fraction of sp³-hybridized carbons (Fsp3) is 0.333. The molecule has 3 N–H and O–H groups in total. The van der Waals surface area contributed by atoms with E-state index in [0.29, 0.717) is 0 Å². The number of piperazine rings is 1. The summed E-state index contributed by atoms with van der Waals surface area (Å²) in [6.07, 6.45) is 5.93. The molecule has 1 aliphatic heterocycles. The summed E-state index contributed by atoms with van der Waals surface area (Å²) in [5, 5.41) is 12.4. The van der Waals surface area contributed by atoms with Gasteiger partial charge in [-0.3, -0.25) is 10.3 Å². The van der Waals surface area contributed by atoms with Crippen molar-refractivity contribution in [3.05, 3.63) is 52.8 Å². The minimum atomic E-state index is -0.0608. The maximum atomic E-state index is 7.46. The number of rotatable bonds is 4. The van der Waals surface area contributed by atoms with Gasteiger partial charge in [0.2, 0.25) is 5.96 Å². The first kappa shape index (κ1) is 20.3. The van der Waals surface area contributed by atoms with Gasteiger partial charge in [0.1, 0.15) is 0 Å². The molecular formula is C18H24Cl2N6. The molecule has 0 saturated carbocycles. The van der Waals surface area contributed by atoms with Crippen LogP contribution in [0, 0.1) is 12.3 Å². The Bertz CT molecular complexity index is 778. The van der Waals surface area contributed by atoms with Crippen molar-refractivity contribution in [1.82, 2.24) is 14.7 Å². The second kappa shape index (κ2) is 9.07. The molecule has 1 aliphatic rings. The van der Waals surface area contributed by atoms with Crippen molar-refractivity contribution >= 4 is 41.7 Å². The number of nitrogens with two attached hydrogens (primary N) is 1. The predicted molar refractivity (Wildman–Crippen MR) is 111 cm³/mol. The Morgan fingerprint density at radius 1 is 1.31 bits per heavy atom. The number of anilines is 1. The molecule has 0 spiro atoms. The average molecular weight is 395 g/mol. The molecule has 3 rings (SSSR count). The Morgan fingerprint density at radius 2 is 2.04 bits per heavy atom. The molecule has 0 radical (unpaired) electrons. The molecule has 140 valence electrons. The molecule has 0 aliphatic carbocycles. The van der Waals surface area contributed by atoms with Gasteiger partial charge in [0.15, 0.2) is 0 Å². The molecule has 1 aromatic carbocycles. The molecule has 6 nitrogen and oxygen atoms in total. The molecule has 0 amide bonds. The quantitative estimate of drug-likeness (QED) is 0.617. The van der Waals surface area contributed by atoms with Crippen LogP contribution in [0.25, 0.3) is 6.08 Å². The van der Waals surface area contributed by atoms with Gasteiger partial charge in [0, 0.05) is 49.0 Å². The lowest BCUT2D eigenvalue weighted by molar-refractivity contribution is 0.284. The summed E-state index contributed by atoms with van der Waals surface area (Å²) in [5.41, 5.74) is 8.55. The van der Waals surface area contributed by atoms with E-state index in [-0.39, 0.29) is 18.4 Å². The van der Waals surface area contributed by atoms with Gasteiger partial charge in [-0.25, -0.2) is 4.68 Å². The number of hydrogen-bond donors (Lipinski definition) is 2. The van der Waals surface area contributed by atoms with Crippen LogP contribution in [0.5, 0.6) is 0 Å². The summed E-state index contributed by atoms with van der Waals surface area (Å²) in [5.74, 6) is -0.0608. The first-order chi connectivity index (χ1) is 12.0. The van der Waals surface area contributed by atoms with Crippen LogP contribution in [-0.2, 0) is 0 Å². The van der Waals surface area contributed by atoms with Crippen LogP contribution >= 0.6 is 24.0 Å². The number of halogens is 2. The highest BCUT2D eigenvalue weighted by molar-refractivity contribution is 6.30.